The highest BCUT2D eigenvalue weighted by Gasteiger charge is 2.42. The maximum absolute atomic E-state index is 11.9. The monoisotopic (exact) mass is 407 g/mol. The molecule has 0 atom stereocenters. The average Bonchev–Trinajstić information content (AvgIpc) is 2.73. The molecule has 1 amide bonds. The fourth-order valence-corrected chi connectivity index (χ4v) is 4.72. The maximum atomic E-state index is 11.9. The number of fused-ring (bicyclic) bond motifs is 1. The number of rotatable bonds is 3. The summed E-state index contributed by atoms with van der Waals surface area (Å²) in [4.78, 5) is 14.5. The van der Waals surface area contributed by atoms with Gasteiger partial charge in [-0.2, -0.15) is 0 Å². The van der Waals surface area contributed by atoms with Gasteiger partial charge in [0.05, 0.1) is 12.2 Å². The number of anilines is 1. The first-order valence-corrected chi connectivity index (χ1v) is 10.9. The Labute approximate surface area is 177 Å². The van der Waals surface area contributed by atoms with E-state index in [4.69, 9.17) is 15.2 Å². The molecule has 3 N–H and O–H groups in total. The van der Waals surface area contributed by atoms with Gasteiger partial charge in [-0.3, -0.25) is 9.69 Å². The van der Waals surface area contributed by atoms with Crippen molar-refractivity contribution >= 4 is 11.6 Å². The van der Waals surface area contributed by atoms with Crippen molar-refractivity contribution in [1.82, 2.24) is 10.2 Å². The fraction of sp³-hybridized carbons (Fsp3) is 0.458. The van der Waals surface area contributed by atoms with Gasteiger partial charge in [0.15, 0.2) is 0 Å². The summed E-state index contributed by atoms with van der Waals surface area (Å²) in [6.07, 6.45) is 5.89. The van der Waals surface area contributed by atoms with Crippen LogP contribution in [-0.2, 0) is 11.3 Å². The van der Waals surface area contributed by atoms with E-state index in [-0.39, 0.29) is 5.91 Å². The third-order valence-electron chi connectivity index (χ3n) is 6.85. The minimum absolute atomic E-state index is 0.181. The molecule has 2 aromatic carbocycles. The highest BCUT2D eigenvalue weighted by atomic mass is 16.7. The molecule has 3 aliphatic rings. The van der Waals surface area contributed by atoms with Gasteiger partial charge < -0.3 is 20.5 Å². The van der Waals surface area contributed by atoms with E-state index in [1.807, 2.05) is 18.2 Å². The second-order valence-corrected chi connectivity index (χ2v) is 8.63. The van der Waals surface area contributed by atoms with E-state index in [0.717, 1.165) is 54.4 Å². The summed E-state index contributed by atoms with van der Waals surface area (Å²) in [5, 5.41) is 2.61. The van der Waals surface area contributed by atoms with Crippen LogP contribution >= 0.6 is 0 Å². The zero-order valence-electron chi connectivity index (χ0n) is 17.4. The van der Waals surface area contributed by atoms with Crippen LogP contribution in [0.15, 0.2) is 36.4 Å². The predicted molar refractivity (Wildman–Crippen MR) is 116 cm³/mol. The summed E-state index contributed by atoms with van der Waals surface area (Å²) < 4.78 is 12.7. The lowest BCUT2D eigenvalue weighted by Crippen LogP contribution is -2.54. The van der Waals surface area contributed by atoms with E-state index in [9.17, 15) is 4.79 Å². The number of likely N-dealkylation sites (tertiary alicyclic amines) is 1. The van der Waals surface area contributed by atoms with Crippen LogP contribution in [0, 0.1) is 0 Å². The van der Waals surface area contributed by atoms with Crippen molar-refractivity contribution in [2.24, 2.45) is 0 Å². The quantitative estimate of drug-likeness (QED) is 0.761. The summed E-state index contributed by atoms with van der Waals surface area (Å²) in [6.45, 7) is 2.66. The largest absolute Gasteiger partial charge is 0.462 e. The molecule has 1 saturated carbocycles. The Morgan fingerprint density at radius 1 is 1.13 bits per heavy atom. The minimum Gasteiger partial charge on any atom is -0.462 e. The number of hydrogen-bond acceptors (Lipinski definition) is 5. The molecular weight excluding hydrogens is 378 g/mol. The molecular formula is C24H29N3O3. The number of nitrogens with one attached hydrogen (secondary N) is 1. The first-order valence-electron chi connectivity index (χ1n) is 10.9. The Bertz CT molecular complexity index is 962. The summed E-state index contributed by atoms with van der Waals surface area (Å²) >= 11 is 0. The van der Waals surface area contributed by atoms with E-state index >= 15 is 0 Å². The number of carbonyl (C=O) groups excluding carboxylic acids is 1. The van der Waals surface area contributed by atoms with Crippen molar-refractivity contribution in [3.8, 4) is 16.9 Å². The molecule has 2 aliphatic heterocycles. The highest BCUT2D eigenvalue weighted by Crippen LogP contribution is 2.40. The Morgan fingerprint density at radius 2 is 1.87 bits per heavy atom. The second-order valence-electron chi connectivity index (χ2n) is 8.63. The van der Waals surface area contributed by atoms with Gasteiger partial charge in [-0.05, 0) is 48.2 Å². The molecule has 0 unspecified atom stereocenters. The summed E-state index contributed by atoms with van der Waals surface area (Å²) in [5.74, 6) is 0.256. The van der Waals surface area contributed by atoms with E-state index in [0.29, 0.717) is 17.9 Å². The van der Waals surface area contributed by atoms with E-state index in [2.05, 4.69) is 22.3 Å². The van der Waals surface area contributed by atoms with Gasteiger partial charge in [0.2, 0.25) is 5.79 Å². The number of hydrogen-bond donors (Lipinski definition) is 2. The zero-order valence-corrected chi connectivity index (χ0v) is 17.4. The molecule has 0 bridgehead atoms. The first-order chi connectivity index (χ1) is 14.6. The standard InChI is InChI=1S/C24H29N3O3/c1-26-23(28)20-7-5-17(14-21(20)25)16-6-8-22-18(13-16)15-29-24(30-22)9-11-27(12-10-24)19-3-2-4-19/h5-8,13-14,19H,2-4,9-12,15,25H2,1H3,(H,26,28). The topological polar surface area (TPSA) is 76.8 Å². The molecule has 6 nitrogen and oxygen atoms in total. The van der Waals surface area contributed by atoms with Crippen LogP contribution in [-0.4, -0.2) is 42.8 Å². The molecule has 1 spiro atoms. The lowest BCUT2D eigenvalue weighted by molar-refractivity contribution is -0.231. The lowest BCUT2D eigenvalue weighted by Gasteiger charge is -2.47. The van der Waals surface area contributed by atoms with Crippen LogP contribution in [0.5, 0.6) is 5.75 Å². The van der Waals surface area contributed by atoms with Gasteiger partial charge in [-0.25, -0.2) is 0 Å². The maximum Gasteiger partial charge on any atom is 0.253 e. The van der Waals surface area contributed by atoms with Crippen LogP contribution in [0.4, 0.5) is 5.69 Å². The molecule has 2 fully saturated rings. The van der Waals surface area contributed by atoms with Crippen LogP contribution < -0.4 is 15.8 Å². The number of piperidine rings is 1. The molecule has 1 saturated heterocycles. The minimum atomic E-state index is -0.478. The predicted octanol–water partition coefficient (Wildman–Crippen LogP) is 3.55. The smallest absolute Gasteiger partial charge is 0.253 e. The van der Waals surface area contributed by atoms with E-state index in [1.54, 1.807) is 13.1 Å². The molecule has 2 heterocycles. The molecule has 30 heavy (non-hydrogen) atoms. The number of amides is 1. The molecule has 158 valence electrons. The van der Waals surface area contributed by atoms with Gasteiger partial charge in [0.25, 0.3) is 5.91 Å². The number of carbonyl (C=O) groups is 1. The normalized spacial score (nSPS) is 20.8. The number of benzene rings is 2. The Morgan fingerprint density at radius 3 is 2.53 bits per heavy atom. The zero-order chi connectivity index (χ0) is 20.7. The van der Waals surface area contributed by atoms with Crippen molar-refractivity contribution in [1.29, 1.82) is 0 Å². The van der Waals surface area contributed by atoms with Gasteiger partial charge >= 0.3 is 0 Å². The third kappa shape index (κ3) is 3.44. The van der Waals surface area contributed by atoms with Crippen molar-refractivity contribution in [2.75, 3.05) is 25.9 Å². The van der Waals surface area contributed by atoms with Gasteiger partial charge in [0, 0.05) is 50.3 Å². The summed E-state index contributed by atoms with van der Waals surface area (Å²) in [6, 6.07) is 12.5. The van der Waals surface area contributed by atoms with Crippen LogP contribution in [0.3, 0.4) is 0 Å². The number of ether oxygens (including phenoxy) is 2. The molecule has 0 aromatic heterocycles. The SMILES string of the molecule is CNC(=O)c1ccc(-c2ccc3c(c2)COC2(CCN(C4CCC4)CC2)O3)cc1N. The van der Waals surface area contributed by atoms with Crippen molar-refractivity contribution in [2.45, 2.75) is 50.5 Å². The van der Waals surface area contributed by atoms with Gasteiger partial charge in [-0.1, -0.05) is 18.6 Å². The molecule has 6 heteroatoms. The Balaban J connectivity index is 1.31. The van der Waals surface area contributed by atoms with Gasteiger partial charge in [-0.15, -0.1) is 0 Å². The summed E-state index contributed by atoms with van der Waals surface area (Å²) in [5.41, 5.74) is 10.1. The molecule has 0 radical (unpaired) electrons. The van der Waals surface area contributed by atoms with Crippen LogP contribution in [0.1, 0.15) is 48.0 Å². The average molecular weight is 408 g/mol. The molecule has 5 rings (SSSR count). The fourth-order valence-electron chi connectivity index (χ4n) is 4.72. The van der Waals surface area contributed by atoms with Crippen molar-refractivity contribution in [3.05, 3.63) is 47.5 Å². The van der Waals surface area contributed by atoms with Crippen LogP contribution in [0.25, 0.3) is 11.1 Å². The Hall–Kier alpha value is -2.57. The molecule has 2 aromatic rings. The van der Waals surface area contributed by atoms with Crippen LogP contribution in [0.2, 0.25) is 0 Å². The number of nitrogens with two attached hydrogens (primary N) is 1. The first kappa shape index (κ1) is 19.4. The lowest BCUT2D eigenvalue weighted by atomic mass is 9.89. The Kier molecular flexibility index (Phi) is 4.91. The van der Waals surface area contributed by atoms with Crippen molar-refractivity contribution in [3.63, 3.8) is 0 Å². The third-order valence-corrected chi connectivity index (χ3v) is 6.85. The second kappa shape index (κ2) is 7.60. The molecule has 1 aliphatic carbocycles. The highest BCUT2D eigenvalue weighted by molar-refractivity contribution is 5.99. The summed E-state index contributed by atoms with van der Waals surface area (Å²) in [7, 11) is 1.60. The van der Waals surface area contributed by atoms with E-state index < -0.39 is 5.79 Å². The van der Waals surface area contributed by atoms with Crippen molar-refractivity contribution < 1.29 is 14.3 Å². The van der Waals surface area contributed by atoms with Gasteiger partial charge in [0.1, 0.15) is 5.75 Å². The number of nitrogen functional groups attached to an aromatic ring is 1. The van der Waals surface area contributed by atoms with E-state index in [1.165, 1.54) is 19.3 Å². The number of nitrogens with zero attached hydrogens (tertiary/aromatic N) is 1.